The van der Waals surface area contributed by atoms with Crippen molar-refractivity contribution in [3.05, 3.63) is 29.4 Å². The van der Waals surface area contributed by atoms with E-state index in [4.69, 9.17) is 0 Å². The van der Waals surface area contributed by atoms with E-state index in [1.165, 1.54) is 10.4 Å². The van der Waals surface area contributed by atoms with E-state index in [1.807, 2.05) is 6.20 Å². The van der Waals surface area contributed by atoms with Crippen LogP contribution in [-0.2, 0) is 0 Å². The fraction of sp³-hybridized carbons (Fsp3) is 0.125. The zero-order valence-electron chi connectivity index (χ0n) is 6.16. The molecule has 2 aromatic rings. The predicted molar refractivity (Wildman–Crippen MR) is 46.6 cm³/mol. The minimum absolute atomic E-state index is 0.970. The van der Waals surface area contributed by atoms with Crippen molar-refractivity contribution in [1.29, 1.82) is 0 Å². The van der Waals surface area contributed by atoms with Crippen molar-refractivity contribution in [2.75, 3.05) is 0 Å². The molecule has 2 aromatic heterocycles. The highest BCUT2D eigenvalue weighted by molar-refractivity contribution is 7.13. The lowest BCUT2D eigenvalue weighted by Crippen LogP contribution is -1.76. The highest BCUT2D eigenvalue weighted by Crippen LogP contribution is 2.25. The molecule has 0 aliphatic heterocycles. The maximum Gasteiger partial charge on any atom is 0.147 e. The molecule has 2 nitrogen and oxygen atoms in total. The summed E-state index contributed by atoms with van der Waals surface area (Å²) in [6.45, 7) is 2.09. The van der Waals surface area contributed by atoms with Gasteiger partial charge >= 0.3 is 0 Å². The number of thiophene rings is 1. The van der Waals surface area contributed by atoms with E-state index in [1.54, 1.807) is 17.5 Å². The SMILES string of the molecule is Cc1ccsc1-c1ncc[nH]1. The number of nitrogens with one attached hydrogen (secondary N) is 1. The monoisotopic (exact) mass is 164 g/mol. The van der Waals surface area contributed by atoms with E-state index < -0.39 is 0 Å². The molecule has 0 fully saturated rings. The summed E-state index contributed by atoms with van der Waals surface area (Å²) in [6.07, 6.45) is 3.61. The van der Waals surface area contributed by atoms with Crippen LogP contribution in [0.1, 0.15) is 5.56 Å². The number of aryl methyl sites for hydroxylation is 1. The highest BCUT2D eigenvalue weighted by Gasteiger charge is 2.03. The summed E-state index contributed by atoms with van der Waals surface area (Å²) in [5.41, 5.74) is 1.28. The zero-order chi connectivity index (χ0) is 7.68. The van der Waals surface area contributed by atoms with Gasteiger partial charge in [-0.2, -0.15) is 0 Å². The van der Waals surface area contributed by atoms with Crippen molar-refractivity contribution in [3.8, 4) is 10.7 Å². The first-order chi connectivity index (χ1) is 5.38. The molecule has 0 spiro atoms. The van der Waals surface area contributed by atoms with Crippen LogP contribution in [0.3, 0.4) is 0 Å². The van der Waals surface area contributed by atoms with Crippen LogP contribution in [0, 0.1) is 6.92 Å². The Morgan fingerprint density at radius 3 is 3.00 bits per heavy atom. The molecule has 0 amide bonds. The van der Waals surface area contributed by atoms with Crippen molar-refractivity contribution in [3.63, 3.8) is 0 Å². The van der Waals surface area contributed by atoms with Gasteiger partial charge in [0, 0.05) is 12.4 Å². The lowest BCUT2D eigenvalue weighted by molar-refractivity contribution is 1.31. The first-order valence-corrected chi connectivity index (χ1v) is 4.30. The second kappa shape index (κ2) is 2.51. The van der Waals surface area contributed by atoms with Crippen molar-refractivity contribution in [2.45, 2.75) is 6.92 Å². The second-order valence-electron chi connectivity index (χ2n) is 2.37. The molecule has 0 aliphatic carbocycles. The van der Waals surface area contributed by atoms with Crippen molar-refractivity contribution in [2.24, 2.45) is 0 Å². The van der Waals surface area contributed by atoms with Crippen LogP contribution < -0.4 is 0 Å². The minimum Gasteiger partial charge on any atom is -0.344 e. The van der Waals surface area contributed by atoms with E-state index in [9.17, 15) is 0 Å². The quantitative estimate of drug-likeness (QED) is 0.689. The van der Waals surface area contributed by atoms with Gasteiger partial charge in [0.05, 0.1) is 4.88 Å². The third-order valence-electron chi connectivity index (χ3n) is 1.58. The smallest absolute Gasteiger partial charge is 0.147 e. The summed E-state index contributed by atoms with van der Waals surface area (Å²) in [4.78, 5) is 8.49. The molecule has 0 saturated heterocycles. The Morgan fingerprint density at radius 1 is 1.55 bits per heavy atom. The van der Waals surface area contributed by atoms with E-state index in [2.05, 4.69) is 28.3 Å². The van der Waals surface area contributed by atoms with Gasteiger partial charge in [0.25, 0.3) is 0 Å². The third-order valence-corrected chi connectivity index (χ3v) is 2.60. The molecule has 0 radical (unpaired) electrons. The molecule has 11 heavy (non-hydrogen) atoms. The van der Waals surface area contributed by atoms with E-state index in [-0.39, 0.29) is 0 Å². The van der Waals surface area contributed by atoms with Crippen LogP contribution >= 0.6 is 11.3 Å². The highest BCUT2D eigenvalue weighted by atomic mass is 32.1. The summed E-state index contributed by atoms with van der Waals surface area (Å²) in [5, 5.41) is 2.08. The van der Waals surface area contributed by atoms with Gasteiger partial charge in [-0.1, -0.05) is 0 Å². The first-order valence-electron chi connectivity index (χ1n) is 3.42. The third kappa shape index (κ3) is 1.07. The summed E-state index contributed by atoms with van der Waals surface area (Å²) in [6, 6.07) is 2.10. The number of H-pyrrole nitrogens is 1. The van der Waals surface area contributed by atoms with E-state index in [0.717, 1.165) is 5.82 Å². The number of hydrogen-bond donors (Lipinski definition) is 1. The van der Waals surface area contributed by atoms with Gasteiger partial charge in [0.1, 0.15) is 5.82 Å². The fourth-order valence-electron chi connectivity index (χ4n) is 1.00. The number of nitrogens with zero attached hydrogens (tertiary/aromatic N) is 1. The Balaban J connectivity index is 2.53. The molecular formula is C8H8N2S. The van der Waals surface area contributed by atoms with Crippen molar-refractivity contribution in [1.82, 2.24) is 9.97 Å². The van der Waals surface area contributed by atoms with Gasteiger partial charge in [0.2, 0.25) is 0 Å². The number of imidazole rings is 1. The Bertz CT molecular complexity index is 335. The zero-order valence-corrected chi connectivity index (χ0v) is 6.98. The predicted octanol–water partition coefficient (Wildman–Crippen LogP) is 2.45. The largest absolute Gasteiger partial charge is 0.344 e. The Morgan fingerprint density at radius 2 is 2.45 bits per heavy atom. The van der Waals surface area contributed by atoms with Gasteiger partial charge in [-0.05, 0) is 23.9 Å². The molecule has 2 heterocycles. The molecule has 0 saturated carbocycles. The van der Waals surface area contributed by atoms with E-state index in [0.29, 0.717) is 0 Å². The summed E-state index contributed by atoms with van der Waals surface area (Å²) in [5.74, 6) is 0.970. The first kappa shape index (κ1) is 6.61. The van der Waals surface area contributed by atoms with Crippen LogP contribution in [0.25, 0.3) is 10.7 Å². The van der Waals surface area contributed by atoms with Crippen LogP contribution in [0.2, 0.25) is 0 Å². The minimum atomic E-state index is 0.970. The topological polar surface area (TPSA) is 28.7 Å². The van der Waals surface area contributed by atoms with Crippen molar-refractivity contribution < 1.29 is 0 Å². The van der Waals surface area contributed by atoms with Crippen LogP contribution in [0.4, 0.5) is 0 Å². The lowest BCUT2D eigenvalue weighted by Gasteiger charge is -1.91. The van der Waals surface area contributed by atoms with Crippen LogP contribution in [0.5, 0.6) is 0 Å². The number of hydrogen-bond acceptors (Lipinski definition) is 2. The lowest BCUT2D eigenvalue weighted by atomic mass is 10.3. The van der Waals surface area contributed by atoms with Crippen LogP contribution in [-0.4, -0.2) is 9.97 Å². The molecule has 3 heteroatoms. The Labute approximate surface area is 68.9 Å². The van der Waals surface area contributed by atoms with Gasteiger partial charge in [-0.3, -0.25) is 0 Å². The average Bonchev–Trinajstić information content (AvgIpc) is 2.55. The Hall–Kier alpha value is -1.09. The fourth-order valence-corrected chi connectivity index (χ4v) is 1.89. The molecule has 0 bridgehead atoms. The molecule has 56 valence electrons. The molecule has 1 N–H and O–H groups in total. The average molecular weight is 164 g/mol. The van der Waals surface area contributed by atoms with Gasteiger partial charge in [-0.25, -0.2) is 4.98 Å². The molecular weight excluding hydrogens is 156 g/mol. The number of aromatic nitrogens is 2. The molecule has 0 atom stereocenters. The standard InChI is InChI=1S/C8H8N2S/c1-6-2-5-11-7(6)8-9-3-4-10-8/h2-5H,1H3,(H,9,10). The normalized spacial score (nSPS) is 10.3. The van der Waals surface area contributed by atoms with Gasteiger partial charge < -0.3 is 4.98 Å². The maximum absolute atomic E-state index is 4.17. The van der Waals surface area contributed by atoms with Crippen molar-refractivity contribution >= 4 is 11.3 Å². The Kier molecular flexibility index (Phi) is 1.51. The molecule has 0 unspecified atom stereocenters. The summed E-state index contributed by atoms with van der Waals surface area (Å²) < 4.78 is 0. The van der Waals surface area contributed by atoms with E-state index >= 15 is 0 Å². The summed E-state index contributed by atoms with van der Waals surface area (Å²) >= 11 is 1.71. The number of rotatable bonds is 1. The molecule has 2 rings (SSSR count). The second-order valence-corrected chi connectivity index (χ2v) is 3.29. The summed E-state index contributed by atoms with van der Waals surface area (Å²) in [7, 11) is 0. The van der Waals surface area contributed by atoms with Crippen LogP contribution in [0.15, 0.2) is 23.8 Å². The maximum atomic E-state index is 4.17. The molecule has 0 aliphatic rings. The molecule has 0 aromatic carbocycles. The van der Waals surface area contributed by atoms with Gasteiger partial charge in [0.15, 0.2) is 0 Å². The number of aromatic amines is 1. The van der Waals surface area contributed by atoms with Gasteiger partial charge in [-0.15, -0.1) is 11.3 Å².